The monoisotopic (exact) mass is 532 g/mol. The summed E-state index contributed by atoms with van der Waals surface area (Å²) >= 11 is 0. The first-order valence-electron chi connectivity index (χ1n) is 13.1. The molecule has 1 atom stereocenters. The third kappa shape index (κ3) is 4.65. The molecule has 5 heterocycles. The largest absolute Gasteiger partial charge is 0.353 e. The van der Waals surface area contributed by atoms with Gasteiger partial charge in [0.15, 0.2) is 0 Å². The molecule has 200 valence electrons. The number of anilines is 1. The van der Waals surface area contributed by atoms with Crippen molar-refractivity contribution in [3.05, 3.63) is 84.6 Å². The van der Waals surface area contributed by atoms with Crippen LogP contribution in [-0.4, -0.2) is 72.9 Å². The van der Waals surface area contributed by atoms with Gasteiger partial charge in [0.25, 0.3) is 0 Å². The molecule has 0 saturated carbocycles. The molecular formula is C29H28N10O. The van der Waals surface area contributed by atoms with Crippen LogP contribution in [0.2, 0.25) is 0 Å². The van der Waals surface area contributed by atoms with Gasteiger partial charge in [0.1, 0.15) is 23.0 Å². The molecule has 40 heavy (non-hydrogen) atoms. The first-order valence-corrected chi connectivity index (χ1v) is 13.1. The van der Waals surface area contributed by atoms with Crippen LogP contribution >= 0.6 is 0 Å². The van der Waals surface area contributed by atoms with Crippen molar-refractivity contribution in [3.63, 3.8) is 0 Å². The molecular weight excluding hydrogens is 504 g/mol. The van der Waals surface area contributed by atoms with Crippen molar-refractivity contribution < 1.29 is 4.79 Å². The van der Waals surface area contributed by atoms with Gasteiger partial charge in [0.2, 0.25) is 5.91 Å². The number of aromatic nitrogens is 6. The van der Waals surface area contributed by atoms with Gasteiger partial charge in [0, 0.05) is 63.3 Å². The van der Waals surface area contributed by atoms with Crippen molar-refractivity contribution in [1.29, 1.82) is 5.26 Å². The highest BCUT2D eigenvalue weighted by Gasteiger charge is 2.28. The number of carbonyl (C=O) groups excluding carboxylic acids is 1. The highest BCUT2D eigenvalue weighted by Crippen LogP contribution is 2.29. The number of hydrogen-bond donors (Lipinski definition) is 1. The SMILES string of the molecule is Cn1cc(-c2cn3ncc(C#N)c3c(-c3ccc(N4CCN(C(=O)C(CN)c5ccccc5)CC4)nc3)n2)cn1. The number of rotatable bonds is 6. The Morgan fingerprint density at radius 1 is 1.00 bits per heavy atom. The Kier molecular flexibility index (Phi) is 6.67. The minimum Gasteiger partial charge on any atom is -0.353 e. The van der Waals surface area contributed by atoms with Crippen molar-refractivity contribution in [1.82, 2.24) is 34.3 Å². The molecule has 1 aliphatic heterocycles. The smallest absolute Gasteiger partial charge is 0.231 e. The number of nitrogens with zero attached hydrogens (tertiary/aromatic N) is 9. The molecule has 1 aromatic carbocycles. The molecule has 2 N–H and O–H groups in total. The van der Waals surface area contributed by atoms with Gasteiger partial charge in [-0.3, -0.25) is 9.48 Å². The van der Waals surface area contributed by atoms with Crippen molar-refractivity contribution in [2.75, 3.05) is 37.6 Å². The van der Waals surface area contributed by atoms with Crippen LogP contribution in [0.4, 0.5) is 5.82 Å². The summed E-state index contributed by atoms with van der Waals surface area (Å²) in [6, 6.07) is 15.8. The molecule has 11 nitrogen and oxygen atoms in total. The van der Waals surface area contributed by atoms with Crippen LogP contribution < -0.4 is 10.6 Å². The van der Waals surface area contributed by atoms with E-state index in [4.69, 9.17) is 15.7 Å². The molecule has 4 aromatic heterocycles. The Balaban J connectivity index is 1.22. The van der Waals surface area contributed by atoms with Crippen LogP contribution in [0.3, 0.4) is 0 Å². The zero-order valence-corrected chi connectivity index (χ0v) is 22.1. The summed E-state index contributed by atoms with van der Waals surface area (Å²) in [4.78, 5) is 26.9. The number of amides is 1. The molecule has 6 rings (SSSR count). The number of carbonyl (C=O) groups is 1. The molecule has 5 aromatic rings. The lowest BCUT2D eigenvalue weighted by Gasteiger charge is -2.37. The van der Waals surface area contributed by atoms with E-state index in [9.17, 15) is 10.1 Å². The van der Waals surface area contributed by atoms with Crippen LogP contribution in [0.15, 0.2) is 73.4 Å². The first-order chi connectivity index (χ1) is 19.6. The topological polar surface area (TPSA) is 134 Å². The maximum Gasteiger partial charge on any atom is 0.231 e. The summed E-state index contributed by atoms with van der Waals surface area (Å²) in [7, 11) is 1.85. The van der Waals surface area contributed by atoms with Gasteiger partial charge in [-0.25, -0.2) is 14.5 Å². The molecule has 1 amide bonds. The van der Waals surface area contributed by atoms with Crippen molar-refractivity contribution in [2.24, 2.45) is 12.8 Å². The lowest BCUT2D eigenvalue weighted by Crippen LogP contribution is -2.51. The maximum atomic E-state index is 13.2. The van der Waals surface area contributed by atoms with Gasteiger partial charge in [-0.2, -0.15) is 15.5 Å². The lowest BCUT2D eigenvalue weighted by atomic mass is 9.97. The fraction of sp³-hybridized carbons (Fsp3) is 0.241. The summed E-state index contributed by atoms with van der Waals surface area (Å²) in [5, 5.41) is 18.3. The predicted octanol–water partition coefficient (Wildman–Crippen LogP) is 2.45. The quantitative estimate of drug-likeness (QED) is 0.352. The normalized spacial score (nSPS) is 14.3. The highest BCUT2D eigenvalue weighted by atomic mass is 16.2. The van der Waals surface area contributed by atoms with E-state index in [1.807, 2.05) is 60.6 Å². The zero-order chi connectivity index (χ0) is 27.6. The molecule has 1 unspecified atom stereocenters. The number of benzene rings is 1. The predicted molar refractivity (Wildman–Crippen MR) is 150 cm³/mol. The average Bonchev–Trinajstić information content (AvgIpc) is 3.64. The maximum absolute atomic E-state index is 13.2. The third-order valence-corrected chi connectivity index (χ3v) is 7.29. The molecule has 1 saturated heterocycles. The Morgan fingerprint density at radius 3 is 2.45 bits per heavy atom. The molecule has 0 spiro atoms. The Labute approximate surface area is 231 Å². The average molecular weight is 533 g/mol. The van der Waals surface area contributed by atoms with Crippen LogP contribution in [0.25, 0.3) is 28.0 Å². The van der Waals surface area contributed by atoms with E-state index < -0.39 is 0 Å². The van der Waals surface area contributed by atoms with Crippen molar-refractivity contribution in [2.45, 2.75) is 5.92 Å². The number of hydrogen-bond acceptors (Lipinski definition) is 8. The van der Waals surface area contributed by atoms with Crippen LogP contribution in [0.5, 0.6) is 0 Å². The second-order valence-electron chi connectivity index (χ2n) is 9.76. The van der Waals surface area contributed by atoms with Crippen LogP contribution in [-0.2, 0) is 11.8 Å². The van der Waals surface area contributed by atoms with E-state index in [1.165, 1.54) is 0 Å². The molecule has 0 bridgehead atoms. The lowest BCUT2D eigenvalue weighted by molar-refractivity contribution is -0.132. The van der Waals surface area contributed by atoms with E-state index in [1.54, 1.807) is 34.0 Å². The molecule has 1 fully saturated rings. The van der Waals surface area contributed by atoms with E-state index in [-0.39, 0.29) is 18.4 Å². The highest BCUT2D eigenvalue weighted by molar-refractivity contribution is 5.85. The van der Waals surface area contributed by atoms with Gasteiger partial charge < -0.3 is 15.5 Å². The zero-order valence-electron chi connectivity index (χ0n) is 22.1. The van der Waals surface area contributed by atoms with Crippen LogP contribution in [0, 0.1) is 11.3 Å². The fourth-order valence-corrected chi connectivity index (χ4v) is 5.14. The van der Waals surface area contributed by atoms with Gasteiger partial charge in [-0.05, 0) is 17.7 Å². The third-order valence-electron chi connectivity index (χ3n) is 7.29. The number of piperazine rings is 1. The molecule has 0 radical (unpaired) electrons. The number of pyridine rings is 1. The second kappa shape index (κ2) is 10.6. The van der Waals surface area contributed by atoms with E-state index in [2.05, 4.69) is 21.2 Å². The number of nitriles is 1. The molecule has 11 heteroatoms. The van der Waals surface area contributed by atoms with E-state index in [0.717, 1.165) is 22.5 Å². The van der Waals surface area contributed by atoms with Gasteiger partial charge >= 0.3 is 0 Å². The minimum atomic E-state index is -0.334. The van der Waals surface area contributed by atoms with Gasteiger partial charge in [0.05, 0.1) is 35.9 Å². The minimum absolute atomic E-state index is 0.0642. The molecule has 1 aliphatic rings. The van der Waals surface area contributed by atoms with E-state index in [0.29, 0.717) is 48.6 Å². The van der Waals surface area contributed by atoms with Crippen molar-refractivity contribution in [3.8, 4) is 28.6 Å². The number of aryl methyl sites for hydroxylation is 1. The number of nitrogens with two attached hydrogens (primary N) is 1. The summed E-state index contributed by atoms with van der Waals surface area (Å²) < 4.78 is 3.39. The van der Waals surface area contributed by atoms with Gasteiger partial charge in [-0.1, -0.05) is 30.3 Å². The first kappa shape index (κ1) is 25.2. The standard InChI is InChI=1S/C29H28N10O/c1-36-18-23(17-33-36)25-19-39-28(22(13-30)16-34-39)27(35-25)21-7-8-26(32-15-21)37-9-11-38(12-10-37)29(40)24(14-31)20-5-3-2-4-6-20/h2-8,15-19,24H,9-12,14,31H2,1H3. The summed E-state index contributed by atoms with van der Waals surface area (Å²) in [5.41, 5.74) is 10.9. The summed E-state index contributed by atoms with van der Waals surface area (Å²) in [6.07, 6.45) is 8.74. The number of fused-ring (bicyclic) bond motifs is 1. The summed E-state index contributed by atoms with van der Waals surface area (Å²) in [6.45, 7) is 2.82. The van der Waals surface area contributed by atoms with Crippen molar-refractivity contribution >= 4 is 17.2 Å². The fourth-order valence-electron chi connectivity index (χ4n) is 5.14. The van der Waals surface area contributed by atoms with E-state index >= 15 is 0 Å². The molecule has 0 aliphatic carbocycles. The van der Waals surface area contributed by atoms with Gasteiger partial charge in [-0.15, -0.1) is 0 Å². The Hall–Kier alpha value is -5.08. The second-order valence-corrected chi connectivity index (χ2v) is 9.76. The Bertz CT molecular complexity index is 1690. The Morgan fingerprint density at radius 2 is 1.80 bits per heavy atom. The summed E-state index contributed by atoms with van der Waals surface area (Å²) in [5.74, 6) is 0.552. The van der Waals surface area contributed by atoms with Crippen LogP contribution in [0.1, 0.15) is 17.0 Å².